The molecule has 2 aliphatic heterocycles. The molecule has 3 aromatic rings. The Labute approximate surface area is 137 Å². The van der Waals surface area contributed by atoms with Crippen LogP contribution in [0.3, 0.4) is 0 Å². The highest BCUT2D eigenvalue weighted by atomic mass is 19.2. The van der Waals surface area contributed by atoms with Crippen LogP contribution in [0.15, 0.2) is 41.4 Å². The fourth-order valence-electron chi connectivity index (χ4n) is 3.39. The van der Waals surface area contributed by atoms with Crippen LogP contribution < -0.4 is 4.90 Å². The zero-order valence-electron chi connectivity index (χ0n) is 12.3. The summed E-state index contributed by atoms with van der Waals surface area (Å²) in [5, 5.41) is 1.40. The maximum atomic E-state index is 14.3. The number of nitrogens with zero attached hydrogens (tertiary/aromatic N) is 2. The molecule has 0 radical (unpaired) electrons. The number of anilines is 1. The second-order valence-corrected chi connectivity index (χ2v) is 5.73. The van der Waals surface area contributed by atoms with Crippen LogP contribution in [-0.4, -0.2) is 11.7 Å². The third-order valence-corrected chi connectivity index (χ3v) is 4.45. The maximum Gasteiger partial charge on any atom is 0.268 e. The van der Waals surface area contributed by atoms with E-state index in [-0.39, 0.29) is 5.84 Å². The van der Waals surface area contributed by atoms with Crippen LogP contribution in [-0.2, 0) is 0 Å². The summed E-state index contributed by atoms with van der Waals surface area (Å²) < 4.78 is 55.8. The SMILES string of the molecule is O=C1c2c(F)c(F)c(F)c(F)c2C2=Nc3cccc4cccc(c34)N12. The van der Waals surface area contributed by atoms with Crippen LogP contribution in [0, 0.1) is 23.3 Å². The Morgan fingerprint density at radius 2 is 1.44 bits per heavy atom. The topological polar surface area (TPSA) is 32.7 Å². The Balaban J connectivity index is 1.93. The van der Waals surface area contributed by atoms with Gasteiger partial charge >= 0.3 is 0 Å². The minimum absolute atomic E-state index is 0.249. The van der Waals surface area contributed by atoms with Crippen molar-refractivity contribution in [1.82, 2.24) is 0 Å². The highest BCUT2D eigenvalue weighted by molar-refractivity contribution is 6.40. The molecule has 0 fully saturated rings. The van der Waals surface area contributed by atoms with Crippen LogP contribution >= 0.6 is 0 Å². The molecule has 7 heteroatoms. The quantitative estimate of drug-likeness (QED) is 0.338. The fraction of sp³-hybridized carbons (Fsp3) is 0. The molecule has 122 valence electrons. The number of hydrogen-bond donors (Lipinski definition) is 0. The molecule has 2 heterocycles. The predicted octanol–water partition coefficient (Wildman–Crippen LogP) is 4.45. The van der Waals surface area contributed by atoms with Gasteiger partial charge in [-0.15, -0.1) is 0 Å². The standard InChI is InChI=1S/C18H6F4N2O/c19-13-11-12(14(20)16(22)15(13)21)18(25)24-9-6-2-4-7-3-1-5-8(10(7)9)23-17(11)24/h1-6H. The molecule has 3 aromatic carbocycles. The van der Waals surface area contributed by atoms with E-state index >= 15 is 0 Å². The first-order chi connectivity index (χ1) is 12.0. The fourth-order valence-corrected chi connectivity index (χ4v) is 3.39. The van der Waals surface area contributed by atoms with Gasteiger partial charge in [0.05, 0.1) is 22.5 Å². The van der Waals surface area contributed by atoms with Crippen molar-refractivity contribution in [2.75, 3.05) is 4.90 Å². The van der Waals surface area contributed by atoms with E-state index < -0.39 is 40.3 Å². The number of benzene rings is 3. The third-order valence-electron chi connectivity index (χ3n) is 4.45. The summed E-state index contributed by atoms with van der Waals surface area (Å²) in [6.45, 7) is 0. The van der Waals surface area contributed by atoms with Crippen molar-refractivity contribution in [3.8, 4) is 0 Å². The highest BCUT2D eigenvalue weighted by Crippen LogP contribution is 2.44. The van der Waals surface area contributed by atoms with Crippen LogP contribution in [0.25, 0.3) is 10.8 Å². The summed E-state index contributed by atoms with van der Waals surface area (Å²) in [7, 11) is 0. The van der Waals surface area contributed by atoms with E-state index in [2.05, 4.69) is 4.99 Å². The maximum absolute atomic E-state index is 14.3. The summed E-state index contributed by atoms with van der Waals surface area (Å²) in [6.07, 6.45) is 0. The summed E-state index contributed by atoms with van der Waals surface area (Å²) >= 11 is 0. The number of rotatable bonds is 0. The van der Waals surface area contributed by atoms with E-state index in [1.54, 1.807) is 36.4 Å². The molecule has 25 heavy (non-hydrogen) atoms. The molecule has 0 saturated heterocycles. The molecule has 2 aliphatic rings. The summed E-state index contributed by atoms with van der Waals surface area (Å²) in [5.41, 5.74) is -0.712. The van der Waals surface area contributed by atoms with Crippen LogP contribution in [0.2, 0.25) is 0 Å². The van der Waals surface area contributed by atoms with Crippen molar-refractivity contribution in [3.05, 3.63) is 70.8 Å². The molecule has 0 saturated carbocycles. The first kappa shape index (κ1) is 14.2. The zero-order chi connectivity index (χ0) is 17.5. The molecule has 0 spiro atoms. The van der Waals surface area contributed by atoms with Gasteiger partial charge in [0, 0.05) is 5.39 Å². The molecule has 3 nitrogen and oxygen atoms in total. The number of aliphatic imine (C=N–C) groups is 1. The van der Waals surface area contributed by atoms with Crippen molar-refractivity contribution in [1.29, 1.82) is 0 Å². The van der Waals surface area contributed by atoms with Gasteiger partial charge in [-0.05, 0) is 17.5 Å². The minimum atomic E-state index is -2.01. The lowest BCUT2D eigenvalue weighted by Crippen LogP contribution is -2.32. The second kappa shape index (κ2) is 4.44. The van der Waals surface area contributed by atoms with Gasteiger partial charge in [0.2, 0.25) is 0 Å². The van der Waals surface area contributed by atoms with Gasteiger partial charge in [-0.2, -0.15) is 0 Å². The summed E-state index contributed by atoms with van der Waals surface area (Å²) in [4.78, 5) is 17.9. The number of amidine groups is 1. The number of amides is 1. The van der Waals surface area contributed by atoms with Gasteiger partial charge in [0.15, 0.2) is 29.1 Å². The van der Waals surface area contributed by atoms with Crippen molar-refractivity contribution in [3.63, 3.8) is 0 Å². The average Bonchev–Trinajstić information content (AvgIpc) is 2.91. The third kappa shape index (κ3) is 1.55. The molecule has 0 unspecified atom stereocenters. The first-order valence-corrected chi connectivity index (χ1v) is 7.32. The first-order valence-electron chi connectivity index (χ1n) is 7.32. The number of carbonyl (C=O) groups excluding carboxylic acids is 1. The van der Waals surface area contributed by atoms with E-state index in [0.29, 0.717) is 16.8 Å². The average molecular weight is 342 g/mol. The Morgan fingerprint density at radius 3 is 2.16 bits per heavy atom. The number of hydrogen-bond acceptors (Lipinski definition) is 2. The Bertz CT molecular complexity index is 1160. The van der Waals surface area contributed by atoms with Gasteiger partial charge in [-0.3, -0.25) is 9.69 Å². The molecular weight excluding hydrogens is 336 g/mol. The molecule has 0 atom stereocenters. The molecule has 0 N–H and O–H groups in total. The van der Waals surface area contributed by atoms with Crippen LogP contribution in [0.4, 0.5) is 28.9 Å². The molecular formula is C18H6F4N2O. The molecule has 1 amide bonds. The van der Waals surface area contributed by atoms with E-state index in [4.69, 9.17) is 0 Å². The van der Waals surface area contributed by atoms with E-state index in [1.807, 2.05) is 0 Å². The minimum Gasteiger partial charge on any atom is -0.268 e. The summed E-state index contributed by atoms with van der Waals surface area (Å²) in [6, 6.07) is 10.2. The van der Waals surface area contributed by atoms with Gasteiger partial charge in [0.25, 0.3) is 5.91 Å². The Morgan fingerprint density at radius 1 is 0.800 bits per heavy atom. The number of fused-ring (bicyclic) bond motifs is 4. The largest absolute Gasteiger partial charge is 0.268 e. The van der Waals surface area contributed by atoms with Gasteiger partial charge in [0.1, 0.15) is 0 Å². The second-order valence-electron chi connectivity index (χ2n) is 5.73. The normalized spacial score (nSPS) is 14.6. The van der Waals surface area contributed by atoms with Crippen LogP contribution in [0.5, 0.6) is 0 Å². The zero-order valence-corrected chi connectivity index (χ0v) is 12.3. The number of halogens is 4. The van der Waals surface area contributed by atoms with Crippen molar-refractivity contribution in [2.24, 2.45) is 4.99 Å². The van der Waals surface area contributed by atoms with Crippen molar-refractivity contribution >= 4 is 33.9 Å². The van der Waals surface area contributed by atoms with Gasteiger partial charge in [-0.1, -0.05) is 24.3 Å². The lowest BCUT2D eigenvalue weighted by molar-refractivity contribution is 0.100. The van der Waals surface area contributed by atoms with E-state index in [9.17, 15) is 22.4 Å². The lowest BCUT2D eigenvalue weighted by Gasteiger charge is -2.24. The van der Waals surface area contributed by atoms with E-state index in [0.717, 1.165) is 10.3 Å². The molecule has 0 aromatic heterocycles. The smallest absolute Gasteiger partial charge is 0.268 e. The lowest BCUT2D eigenvalue weighted by atomic mass is 10.0. The molecule has 0 bridgehead atoms. The van der Waals surface area contributed by atoms with Gasteiger partial charge in [-0.25, -0.2) is 22.6 Å². The molecule has 5 rings (SSSR count). The van der Waals surface area contributed by atoms with Crippen molar-refractivity contribution < 1.29 is 22.4 Å². The van der Waals surface area contributed by atoms with Crippen molar-refractivity contribution in [2.45, 2.75) is 0 Å². The predicted molar refractivity (Wildman–Crippen MR) is 83.2 cm³/mol. The van der Waals surface area contributed by atoms with Crippen LogP contribution in [0.1, 0.15) is 15.9 Å². The number of carbonyl (C=O) groups is 1. The molecule has 0 aliphatic carbocycles. The summed E-state index contributed by atoms with van der Waals surface area (Å²) in [5.74, 6) is -8.55. The van der Waals surface area contributed by atoms with E-state index in [1.165, 1.54) is 0 Å². The monoisotopic (exact) mass is 342 g/mol. The Kier molecular flexibility index (Phi) is 2.51. The van der Waals surface area contributed by atoms with Gasteiger partial charge < -0.3 is 0 Å². The Hall–Kier alpha value is -3.22. The highest BCUT2D eigenvalue weighted by Gasteiger charge is 2.45.